The highest BCUT2D eigenvalue weighted by atomic mass is 127. The van der Waals surface area contributed by atoms with Gasteiger partial charge in [-0.2, -0.15) is 0 Å². The molecule has 8 heteroatoms. The number of halogens is 1. The number of nitrogens with zero attached hydrogens (tertiary/aromatic N) is 2. The minimum Gasteiger partial charge on any atom is -0.377 e. The van der Waals surface area contributed by atoms with Gasteiger partial charge in [-0.25, -0.2) is 0 Å². The number of aliphatic imine (C=N–C) groups is 1. The number of likely N-dealkylation sites (tertiary alicyclic amines) is 1. The van der Waals surface area contributed by atoms with Gasteiger partial charge in [0, 0.05) is 44.2 Å². The highest BCUT2D eigenvalue weighted by molar-refractivity contribution is 14.0. The normalized spacial score (nSPS) is 16.6. The lowest BCUT2D eigenvalue weighted by atomic mass is 9.96. The van der Waals surface area contributed by atoms with Crippen LogP contribution < -0.4 is 16.0 Å². The molecule has 0 unspecified atom stereocenters. The average molecular weight is 511 g/mol. The van der Waals surface area contributed by atoms with Gasteiger partial charge in [0.15, 0.2) is 5.96 Å². The molecule has 166 valence electrons. The Morgan fingerprint density at radius 2 is 1.86 bits per heavy atom. The van der Waals surface area contributed by atoms with Crippen molar-refractivity contribution in [3.05, 3.63) is 0 Å². The van der Waals surface area contributed by atoms with Crippen LogP contribution in [0.5, 0.6) is 0 Å². The molecule has 3 N–H and O–H groups in total. The molecule has 1 saturated heterocycles. The number of carbonyl (C=O) groups is 1. The molecule has 1 fully saturated rings. The van der Waals surface area contributed by atoms with E-state index in [-0.39, 0.29) is 35.3 Å². The summed E-state index contributed by atoms with van der Waals surface area (Å²) >= 11 is 0. The Morgan fingerprint density at radius 1 is 1.21 bits per heavy atom. The van der Waals surface area contributed by atoms with E-state index < -0.39 is 0 Å². The van der Waals surface area contributed by atoms with Crippen molar-refractivity contribution in [2.75, 3.05) is 45.9 Å². The molecule has 1 heterocycles. The number of piperidine rings is 1. The molecule has 7 nitrogen and oxygen atoms in total. The first-order valence-corrected chi connectivity index (χ1v) is 10.4. The Balaban J connectivity index is 0.00000729. The van der Waals surface area contributed by atoms with Gasteiger partial charge in [0.25, 0.3) is 0 Å². The summed E-state index contributed by atoms with van der Waals surface area (Å²) in [5.41, 5.74) is -0.360. The number of carbonyl (C=O) groups excluding carboxylic acids is 1. The molecule has 1 aliphatic rings. The molecule has 1 rings (SSSR count). The fourth-order valence-corrected chi connectivity index (χ4v) is 2.83. The molecule has 0 aromatic carbocycles. The topological polar surface area (TPSA) is 78.0 Å². The third-order valence-corrected chi connectivity index (χ3v) is 4.48. The third kappa shape index (κ3) is 12.1. The lowest BCUT2D eigenvalue weighted by Crippen LogP contribution is -2.49. The second kappa shape index (κ2) is 14.4. The Morgan fingerprint density at radius 3 is 2.39 bits per heavy atom. The van der Waals surface area contributed by atoms with Crippen molar-refractivity contribution in [3.8, 4) is 0 Å². The SMILES string of the molecule is CCNC(=NCCNC(=O)C(C)(C)C)NC1CCN(CCOC(C)C)CC1.I. The number of nitrogens with one attached hydrogen (secondary N) is 3. The summed E-state index contributed by atoms with van der Waals surface area (Å²) in [5, 5.41) is 9.77. The van der Waals surface area contributed by atoms with Crippen LogP contribution in [0.3, 0.4) is 0 Å². The predicted octanol–water partition coefficient (Wildman–Crippen LogP) is 2.21. The molecule has 0 spiro atoms. The number of hydrogen-bond acceptors (Lipinski definition) is 4. The van der Waals surface area contributed by atoms with Crippen LogP contribution >= 0.6 is 24.0 Å². The fourth-order valence-electron chi connectivity index (χ4n) is 2.83. The van der Waals surface area contributed by atoms with E-state index >= 15 is 0 Å². The first-order valence-electron chi connectivity index (χ1n) is 10.4. The summed E-state index contributed by atoms with van der Waals surface area (Å²) < 4.78 is 5.64. The van der Waals surface area contributed by atoms with E-state index in [1.54, 1.807) is 0 Å². The van der Waals surface area contributed by atoms with E-state index in [0.29, 0.717) is 25.2 Å². The lowest BCUT2D eigenvalue weighted by Gasteiger charge is -2.33. The van der Waals surface area contributed by atoms with Crippen LogP contribution in [0.15, 0.2) is 4.99 Å². The zero-order valence-corrected chi connectivity index (χ0v) is 21.0. The molecule has 28 heavy (non-hydrogen) atoms. The highest BCUT2D eigenvalue weighted by Crippen LogP contribution is 2.12. The lowest BCUT2D eigenvalue weighted by molar-refractivity contribution is -0.128. The van der Waals surface area contributed by atoms with Crippen LogP contribution in [0.25, 0.3) is 0 Å². The van der Waals surface area contributed by atoms with Crippen LogP contribution in [-0.4, -0.2) is 74.8 Å². The molecule has 0 aromatic rings. The Bertz CT molecular complexity index is 458. The Hall–Kier alpha value is -0.610. The molecule has 0 saturated carbocycles. The van der Waals surface area contributed by atoms with Crippen LogP contribution in [0.2, 0.25) is 0 Å². The summed E-state index contributed by atoms with van der Waals surface area (Å²) in [6, 6.07) is 0.439. The molecule has 0 aromatic heterocycles. The smallest absolute Gasteiger partial charge is 0.225 e. The molecular weight excluding hydrogens is 469 g/mol. The number of hydrogen-bond donors (Lipinski definition) is 3. The maximum atomic E-state index is 11.9. The van der Waals surface area contributed by atoms with E-state index in [4.69, 9.17) is 4.74 Å². The van der Waals surface area contributed by atoms with Gasteiger partial charge in [0.05, 0.1) is 19.3 Å². The van der Waals surface area contributed by atoms with Gasteiger partial charge in [0.1, 0.15) is 0 Å². The molecule has 0 aliphatic carbocycles. The number of rotatable bonds is 9. The summed E-state index contributed by atoms with van der Waals surface area (Å²) in [5.74, 6) is 0.897. The fraction of sp³-hybridized carbons (Fsp3) is 0.900. The van der Waals surface area contributed by atoms with Gasteiger partial charge >= 0.3 is 0 Å². The monoisotopic (exact) mass is 511 g/mol. The summed E-state index contributed by atoms with van der Waals surface area (Å²) in [6.07, 6.45) is 2.51. The quantitative estimate of drug-likeness (QED) is 0.192. The van der Waals surface area contributed by atoms with Crippen molar-refractivity contribution < 1.29 is 9.53 Å². The van der Waals surface area contributed by atoms with Gasteiger partial charge in [-0.15, -0.1) is 24.0 Å². The average Bonchev–Trinajstić information content (AvgIpc) is 2.59. The second-order valence-corrected chi connectivity index (χ2v) is 8.45. The maximum Gasteiger partial charge on any atom is 0.225 e. The Kier molecular flexibility index (Phi) is 14.1. The minimum atomic E-state index is -0.360. The zero-order chi connectivity index (χ0) is 20.3. The van der Waals surface area contributed by atoms with Crippen molar-refractivity contribution in [2.45, 2.75) is 66.5 Å². The van der Waals surface area contributed by atoms with E-state index in [2.05, 4.69) is 46.6 Å². The molecule has 1 aliphatic heterocycles. The number of guanidine groups is 1. The van der Waals surface area contributed by atoms with E-state index in [0.717, 1.165) is 51.6 Å². The standard InChI is InChI=1S/C20H41N5O2.HI/c1-7-21-19(23-11-10-22-18(26)20(4,5)6)24-17-8-12-25(13-9-17)14-15-27-16(2)3;/h16-17H,7-15H2,1-6H3,(H,22,26)(H2,21,23,24);1H. The first kappa shape index (κ1) is 27.4. The van der Waals surface area contributed by atoms with Crippen molar-refractivity contribution in [3.63, 3.8) is 0 Å². The van der Waals surface area contributed by atoms with Crippen LogP contribution in [0.1, 0.15) is 54.4 Å². The summed E-state index contributed by atoms with van der Waals surface area (Å²) in [7, 11) is 0. The zero-order valence-electron chi connectivity index (χ0n) is 18.6. The van der Waals surface area contributed by atoms with Gasteiger partial charge < -0.3 is 25.6 Å². The van der Waals surface area contributed by atoms with E-state index in [1.165, 1.54) is 0 Å². The van der Waals surface area contributed by atoms with Crippen molar-refractivity contribution in [2.24, 2.45) is 10.4 Å². The highest BCUT2D eigenvalue weighted by Gasteiger charge is 2.21. The summed E-state index contributed by atoms with van der Waals surface area (Å²) in [4.78, 5) is 19.0. The first-order chi connectivity index (χ1) is 12.7. The van der Waals surface area contributed by atoms with Crippen LogP contribution in [0.4, 0.5) is 0 Å². The van der Waals surface area contributed by atoms with E-state index in [1.807, 2.05) is 20.8 Å². The molecule has 0 radical (unpaired) electrons. The number of amides is 1. The third-order valence-electron chi connectivity index (χ3n) is 4.48. The van der Waals surface area contributed by atoms with Crippen LogP contribution in [-0.2, 0) is 9.53 Å². The second-order valence-electron chi connectivity index (χ2n) is 8.45. The molecule has 0 atom stereocenters. The maximum absolute atomic E-state index is 11.9. The van der Waals surface area contributed by atoms with Crippen molar-refractivity contribution in [1.29, 1.82) is 0 Å². The largest absolute Gasteiger partial charge is 0.377 e. The molecule has 0 bridgehead atoms. The summed E-state index contributed by atoms with van der Waals surface area (Å²) in [6.45, 7) is 17.9. The van der Waals surface area contributed by atoms with Gasteiger partial charge in [0.2, 0.25) is 5.91 Å². The van der Waals surface area contributed by atoms with E-state index in [9.17, 15) is 4.79 Å². The molecule has 1 amide bonds. The van der Waals surface area contributed by atoms with Gasteiger partial charge in [-0.3, -0.25) is 9.79 Å². The Labute approximate surface area is 188 Å². The molecular formula is C20H42IN5O2. The predicted molar refractivity (Wildman–Crippen MR) is 128 cm³/mol. The van der Waals surface area contributed by atoms with Gasteiger partial charge in [-0.1, -0.05) is 20.8 Å². The van der Waals surface area contributed by atoms with Crippen LogP contribution in [0, 0.1) is 5.41 Å². The van der Waals surface area contributed by atoms with Crippen molar-refractivity contribution >= 4 is 35.8 Å². The number of ether oxygens (including phenoxy) is 1. The minimum absolute atomic E-state index is 0. The van der Waals surface area contributed by atoms with Crippen molar-refractivity contribution in [1.82, 2.24) is 20.9 Å². The van der Waals surface area contributed by atoms with Gasteiger partial charge in [-0.05, 0) is 33.6 Å².